The first-order chi connectivity index (χ1) is 13.8. The molecule has 0 atom stereocenters. The van der Waals surface area contributed by atoms with E-state index in [4.69, 9.17) is 4.98 Å². The van der Waals surface area contributed by atoms with Crippen LogP contribution < -0.4 is 10.2 Å². The Hall–Kier alpha value is -3.67. The van der Waals surface area contributed by atoms with E-state index in [9.17, 15) is 0 Å². The second-order valence-corrected chi connectivity index (χ2v) is 6.80. The summed E-state index contributed by atoms with van der Waals surface area (Å²) in [7, 11) is 0. The molecule has 6 heteroatoms. The highest BCUT2D eigenvalue weighted by molar-refractivity contribution is 5.66. The van der Waals surface area contributed by atoms with Gasteiger partial charge in [-0.1, -0.05) is 24.3 Å². The van der Waals surface area contributed by atoms with Gasteiger partial charge in [0, 0.05) is 36.7 Å². The Morgan fingerprint density at radius 3 is 2.82 bits per heavy atom. The summed E-state index contributed by atoms with van der Waals surface area (Å²) in [5.74, 6) is 1.53. The molecule has 137 valence electrons. The molecule has 2 aromatic heterocycles. The number of H-pyrrole nitrogens is 1. The van der Waals surface area contributed by atoms with Gasteiger partial charge in [-0.05, 0) is 53.4 Å². The molecule has 28 heavy (non-hydrogen) atoms. The molecular weight excluding hydrogens is 348 g/mol. The minimum atomic E-state index is 0.745. The van der Waals surface area contributed by atoms with Crippen LogP contribution in [0, 0.1) is 6.07 Å². The summed E-state index contributed by atoms with van der Waals surface area (Å²) in [4.78, 5) is 11.4. The Bertz CT molecular complexity index is 1070. The van der Waals surface area contributed by atoms with Crippen molar-refractivity contribution in [2.45, 2.75) is 13.0 Å². The normalized spacial score (nSPS) is 13.2. The molecule has 0 aliphatic carbocycles. The molecule has 4 aromatic rings. The quantitative estimate of drug-likeness (QED) is 0.571. The van der Waals surface area contributed by atoms with Crippen molar-refractivity contribution >= 4 is 17.5 Å². The van der Waals surface area contributed by atoms with Gasteiger partial charge in [-0.15, -0.1) is 0 Å². The Kier molecular flexibility index (Phi) is 4.21. The van der Waals surface area contributed by atoms with Gasteiger partial charge in [-0.2, -0.15) is 10.1 Å². The number of anilines is 3. The number of hydrogen-bond donors (Lipinski definition) is 2. The first kappa shape index (κ1) is 16.5. The topological polar surface area (TPSA) is 69.7 Å². The van der Waals surface area contributed by atoms with Gasteiger partial charge in [0.1, 0.15) is 5.82 Å². The van der Waals surface area contributed by atoms with E-state index in [1.807, 2.05) is 36.7 Å². The molecule has 0 saturated carbocycles. The number of aromatic amines is 1. The van der Waals surface area contributed by atoms with Gasteiger partial charge in [0.25, 0.3) is 0 Å². The number of fused-ring (bicyclic) bond motifs is 1. The van der Waals surface area contributed by atoms with Gasteiger partial charge in [0.15, 0.2) is 0 Å². The maximum absolute atomic E-state index is 4.72. The molecule has 6 nitrogen and oxygen atoms in total. The first-order valence-electron chi connectivity index (χ1n) is 9.27. The zero-order valence-corrected chi connectivity index (χ0v) is 15.3. The van der Waals surface area contributed by atoms with E-state index in [1.165, 1.54) is 11.1 Å². The molecule has 0 fully saturated rings. The highest BCUT2D eigenvalue weighted by Crippen LogP contribution is 2.24. The van der Waals surface area contributed by atoms with Crippen LogP contribution in [-0.4, -0.2) is 26.7 Å². The van der Waals surface area contributed by atoms with E-state index < -0.39 is 0 Å². The fourth-order valence-corrected chi connectivity index (χ4v) is 3.47. The number of nitrogens with zero attached hydrogens (tertiary/aromatic N) is 4. The summed E-state index contributed by atoms with van der Waals surface area (Å²) in [5.41, 5.74) is 5.85. The lowest BCUT2D eigenvalue weighted by molar-refractivity contribution is 0.708. The number of hydrogen-bond acceptors (Lipinski definition) is 5. The Labute approximate surface area is 163 Å². The average Bonchev–Trinajstić information content (AvgIpc) is 3.29. The van der Waals surface area contributed by atoms with E-state index in [2.05, 4.69) is 55.7 Å². The lowest BCUT2D eigenvalue weighted by Gasteiger charge is -2.28. The summed E-state index contributed by atoms with van der Waals surface area (Å²) in [6.45, 7) is 1.73. The molecule has 0 amide bonds. The van der Waals surface area contributed by atoms with Crippen LogP contribution in [0.4, 0.5) is 17.5 Å². The molecular formula is C22H19N6. The molecule has 0 bridgehead atoms. The molecule has 5 rings (SSSR count). The lowest BCUT2D eigenvalue weighted by Crippen LogP contribution is -2.31. The first-order valence-corrected chi connectivity index (χ1v) is 9.27. The highest BCUT2D eigenvalue weighted by atomic mass is 15.3. The third-order valence-electron chi connectivity index (χ3n) is 4.98. The van der Waals surface area contributed by atoms with Crippen molar-refractivity contribution in [1.29, 1.82) is 0 Å². The Morgan fingerprint density at radius 2 is 1.96 bits per heavy atom. The van der Waals surface area contributed by atoms with Crippen LogP contribution in [-0.2, 0) is 13.0 Å². The van der Waals surface area contributed by atoms with Gasteiger partial charge in [-0.3, -0.25) is 5.10 Å². The zero-order valence-electron chi connectivity index (χ0n) is 15.3. The van der Waals surface area contributed by atoms with Crippen molar-refractivity contribution in [1.82, 2.24) is 20.2 Å². The van der Waals surface area contributed by atoms with Gasteiger partial charge >= 0.3 is 0 Å². The third kappa shape index (κ3) is 3.32. The van der Waals surface area contributed by atoms with E-state index in [-0.39, 0.29) is 0 Å². The second-order valence-electron chi connectivity index (χ2n) is 6.80. The highest BCUT2D eigenvalue weighted by Gasteiger charge is 2.18. The molecule has 2 aromatic carbocycles. The van der Waals surface area contributed by atoms with E-state index in [0.29, 0.717) is 0 Å². The number of nitrogens with one attached hydrogen (secondary N) is 2. The fourth-order valence-electron chi connectivity index (χ4n) is 3.47. The smallest absolute Gasteiger partial charge is 0.227 e. The number of aromatic nitrogens is 4. The summed E-state index contributed by atoms with van der Waals surface area (Å²) in [6.07, 6.45) is 6.50. The van der Waals surface area contributed by atoms with Gasteiger partial charge in [-0.25, -0.2) is 4.98 Å². The molecule has 1 radical (unpaired) electrons. The molecule has 0 saturated heterocycles. The zero-order chi connectivity index (χ0) is 18.8. The fraction of sp³-hybridized carbons (Fsp3) is 0.136. The second kappa shape index (κ2) is 7.15. The summed E-state index contributed by atoms with van der Waals surface area (Å²) < 4.78 is 0. The Morgan fingerprint density at radius 1 is 1.04 bits per heavy atom. The van der Waals surface area contributed by atoms with Crippen molar-refractivity contribution in [3.05, 3.63) is 84.3 Å². The standard InChI is InChI=1S/C22H19N6/c1-2-4-18-15-28(12-10-16(18)3-1)22-23-11-9-21(27-22)26-20-7-5-17(6-8-20)19-13-24-25-14-19/h1,3-9,11,13-14H,10,12,15H2,(H,24,25)(H,23,26,27). The number of rotatable bonds is 4. The lowest BCUT2D eigenvalue weighted by atomic mass is 10.0. The van der Waals surface area contributed by atoms with Crippen molar-refractivity contribution < 1.29 is 0 Å². The molecule has 1 aliphatic heterocycles. The molecule has 3 heterocycles. The van der Waals surface area contributed by atoms with Crippen LogP contribution in [0.2, 0.25) is 0 Å². The summed E-state index contributed by atoms with van der Waals surface area (Å²) >= 11 is 0. The maximum Gasteiger partial charge on any atom is 0.227 e. The van der Waals surface area contributed by atoms with Crippen molar-refractivity contribution in [2.75, 3.05) is 16.8 Å². The van der Waals surface area contributed by atoms with E-state index in [0.717, 1.165) is 48.1 Å². The summed E-state index contributed by atoms with van der Waals surface area (Å²) in [5, 5.41) is 10.2. The molecule has 0 unspecified atom stereocenters. The van der Waals surface area contributed by atoms with Crippen LogP contribution in [0.15, 0.2) is 67.1 Å². The monoisotopic (exact) mass is 367 g/mol. The van der Waals surface area contributed by atoms with E-state index >= 15 is 0 Å². The Balaban J connectivity index is 1.32. The van der Waals surface area contributed by atoms with E-state index in [1.54, 1.807) is 6.20 Å². The maximum atomic E-state index is 4.72. The SMILES string of the molecule is [c]1ccc2c(c1)CN(c1nccc(Nc3ccc(-c4cn[nH]c4)cc3)n1)CC2. The van der Waals surface area contributed by atoms with Gasteiger partial charge in [0.2, 0.25) is 5.95 Å². The predicted octanol–water partition coefficient (Wildman–Crippen LogP) is 3.97. The minimum Gasteiger partial charge on any atom is -0.340 e. The van der Waals surface area contributed by atoms with Crippen molar-refractivity contribution in [3.8, 4) is 11.1 Å². The van der Waals surface area contributed by atoms with Crippen LogP contribution in [0.1, 0.15) is 11.1 Å². The van der Waals surface area contributed by atoms with Crippen LogP contribution in [0.3, 0.4) is 0 Å². The molecule has 1 aliphatic rings. The number of benzene rings is 2. The summed E-state index contributed by atoms with van der Waals surface area (Å²) in [6, 6.07) is 19.4. The van der Waals surface area contributed by atoms with Gasteiger partial charge < -0.3 is 10.2 Å². The van der Waals surface area contributed by atoms with Crippen LogP contribution in [0.25, 0.3) is 11.1 Å². The molecule has 2 N–H and O–H groups in total. The van der Waals surface area contributed by atoms with Crippen molar-refractivity contribution in [3.63, 3.8) is 0 Å². The third-order valence-corrected chi connectivity index (χ3v) is 4.98. The minimum absolute atomic E-state index is 0.745. The predicted molar refractivity (Wildman–Crippen MR) is 109 cm³/mol. The van der Waals surface area contributed by atoms with Crippen LogP contribution >= 0.6 is 0 Å². The van der Waals surface area contributed by atoms with Crippen molar-refractivity contribution in [2.24, 2.45) is 0 Å². The largest absolute Gasteiger partial charge is 0.340 e. The van der Waals surface area contributed by atoms with Crippen LogP contribution in [0.5, 0.6) is 0 Å². The van der Waals surface area contributed by atoms with Gasteiger partial charge in [0.05, 0.1) is 6.20 Å². The molecule has 0 spiro atoms. The average molecular weight is 367 g/mol.